The fourth-order valence-corrected chi connectivity index (χ4v) is 8.91. The van der Waals surface area contributed by atoms with Crippen LogP contribution in [0, 0.1) is 34.5 Å². The number of hydrogen-bond donors (Lipinski definition) is 1. The average Bonchev–Trinajstić information content (AvgIpc) is 2.93. The van der Waals surface area contributed by atoms with Crippen molar-refractivity contribution in [2.24, 2.45) is 34.5 Å². The monoisotopic (exact) mass is 452 g/mol. The van der Waals surface area contributed by atoms with E-state index in [1.54, 1.807) is 6.92 Å². The highest BCUT2D eigenvalue weighted by Crippen LogP contribution is 2.69. The minimum absolute atomic E-state index is 0.0965. The first-order chi connectivity index (χ1) is 13.0. The molecule has 0 aromatic carbocycles. The summed E-state index contributed by atoms with van der Waals surface area (Å²) < 4.78 is 5.02. The van der Waals surface area contributed by atoms with E-state index in [0.717, 1.165) is 32.1 Å². The lowest BCUT2D eigenvalue weighted by Crippen LogP contribution is -2.60. The van der Waals surface area contributed by atoms with Gasteiger partial charge >= 0.3 is 5.97 Å². The third kappa shape index (κ3) is 2.71. The first kappa shape index (κ1) is 20.6. The summed E-state index contributed by atoms with van der Waals surface area (Å²) in [5.41, 5.74) is 1.01. The SMILES string of the molecule is CC(=O)OC1(Br)C[C@@H](O)CC2=CCC3C4CC[C@H](C(C)=O)[C@@]4(C)CCC3[C@]21C. The number of hydrogen-bond acceptors (Lipinski definition) is 4. The summed E-state index contributed by atoms with van der Waals surface area (Å²) in [6.07, 6.45) is 8.12. The van der Waals surface area contributed by atoms with Crippen molar-refractivity contribution in [2.75, 3.05) is 0 Å². The zero-order chi connectivity index (χ0) is 20.5. The number of aliphatic hydroxyl groups excluding tert-OH is 1. The molecule has 0 saturated heterocycles. The minimum Gasteiger partial charge on any atom is -0.447 e. The number of ketones is 1. The number of carbonyl (C=O) groups is 2. The second-order valence-corrected chi connectivity index (χ2v) is 11.5. The Hall–Kier alpha value is -0.680. The van der Waals surface area contributed by atoms with Crippen molar-refractivity contribution in [1.82, 2.24) is 0 Å². The standard InChI is InChI=1S/C23H33BrO4/c1-13(25)18-7-8-19-17-6-5-15-11-16(27)12-23(24,28-14(2)26)22(15,4)20(17)9-10-21(18,19)3/h5,16-20,27H,6-12H2,1-4H3/t16-,17?,18+,19?,20?,21+,22-,23?/m0/s1. The number of Topliss-reactive ketones (excluding diaryl/α,β-unsaturated/α-hetero) is 1. The topological polar surface area (TPSA) is 63.6 Å². The molecule has 4 unspecified atom stereocenters. The maximum Gasteiger partial charge on any atom is 0.304 e. The number of rotatable bonds is 2. The van der Waals surface area contributed by atoms with Crippen LogP contribution in [0.25, 0.3) is 0 Å². The highest BCUT2D eigenvalue weighted by molar-refractivity contribution is 9.10. The fraction of sp³-hybridized carbons (Fsp3) is 0.826. The Bertz CT molecular complexity index is 732. The van der Waals surface area contributed by atoms with Crippen molar-refractivity contribution in [3.63, 3.8) is 0 Å². The van der Waals surface area contributed by atoms with Crippen LogP contribution in [0.4, 0.5) is 0 Å². The molecule has 156 valence electrons. The van der Waals surface area contributed by atoms with Crippen LogP contribution in [0.3, 0.4) is 0 Å². The Morgan fingerprint density at radius 2 is 1.89 bits per heavy atom. The lowest BCUT2D eigenvalue weighted by Gasteiger charge is -2.62. The van der Waals surface area contributed by atoms with Gasteiger partial charge in [0.05, 0.1) is 6.10 Å². The third-order valence-corrected chi connectivity index (χ3v) is 10.3. The molecule has 4 nitrogen and oxygen atoms in total. The van der Waals surface area contributed by atoms with Crippen molar-refractivity contribution >= 4 is 27.7 Å². The van der Waals surface area contributed by atoms with Crippen molar-refractivity contribution < 1.29 is 19.4 Å². The van der Waals surface area contributed by atoms with E-state index in [2.05, 4.69) is 35.9 Å². The van der Waals surface area contributed by atoms with Crippen molar-refractivity contribution in [1.29, 1.82) is 0 Å². The van der Waals surface area contributed by atoms with Gasteiger partial charge in [0, 0.05) is 24.7 Å². The third-order valence-electron chi connectivity index (χ3n) is 9.01. The molecule has 4 aliphatic carbocycles. The summed E-state index contributed by atoms with van der Waals surface area (Å²) in [6.45, 7) is 7.78. The number of ether oxygens (including phenoxy) is 1. The molecule has 3 saturated carbocycles. The van der Waals surface area contributed by atoms with E-state index in [1.165, 1.54) is 12.5 Å². The number of fused-ring (bicyclic) bond motifs is 5. The van der Waals surface area contributed by atoms with Gasteiger partial charge in [0.15, 0.2) is 4.51 Å². The summed E-state index contributed by atoms with van der Waals surface area (Å²) in [5.74, 6) is 1.65. The van der Waals surface area contributed by atoms with E-state index in [4.69, 9.17) is 4.74 Å². The molecular weight excluding hydrogens is 420 g/mol. The summed E-state index contributed by atoms with van der Waals surface area (Å²) in [7, 11) is 0. The zero-order valence-corrected chi connectivity index (χ0v) is 19.0. The maximum absolute atomic E-state index is 12.3. The second kappa shape index (κ2) is 6.66. The van der Waals surface area contributed by atoms with Gasteiger partial charge in [0.1, 0.15) is 5.78 Å². The number of allylic oxidation sites excluding steroid dienone is 1. The van der Waals surface area contributed by atoms with Gasteiger partial charge in [-0.2, -0.15) is 0 Å². The van der Waals surface area contributed by atoms with E-state index >= 15 is 0 Å². The molecule has 0 aromatic rings. The molecule has 5 heteroatoms. The van der Waals surface area contributed by atoms with Crippen molar-refractivity contribution in [2.45, 2.75) is 83.3 Å². The smallest absolute Gasteiger partial charge is 0.304 e. The highest BCUT2D eigenvalue weighted by Gasteiger charge is 2.66. The van der Waals surface area contributed by atoms with E-state index < -0.39 is 10.6 Å². The Balaban J connectivity index is 1.75. The molecule has 4 rings (SSSR count). The number of halogens is 1. The Kier molecular flexibility index (Phi) is 4.90. The van der Waals surface area contributed by atoms with Crippen LogP contribution in [0.5, 0.6) is 0 Å². The van der Waals surface area contributed by atoms with Crippen LogP contribution in [0.1, 0.15) is 72.6 Å². The molecule has 0 radical (unpaired) electrons. The van der Waals surface area contributed by atoms with Crippen molar-refractivity contribution in [3.8, 4) is 0 Å². The minimum atomic E-state index is -0.870. The predicted molar refractivity (Wildman–Crippen MR) is 111 cm³/mol. The van der Waals surface area contributed by atoms with Crippen molar-refractivity contribution in [3.05, 3.63) is 11.6 Å². The molecule has 4 aliphatic rings. The van der Waals surface area contributed by atoms with Crippen LogP contribution < -0.4 is 0 Å². The van der Waals surface area contributed by atoms with Gasteiger partial charge in [-0.25, -0.2) is 0 Å². The summed E-state index contributed by atoms with van der Waals surface area (Å²) in [5, 5.41) is 10.5. The molecule has 0 aliphatic heterocycles. The molecule has 0 bridgehead atoms. The molecule has 28 heavy (non-hydrogen) atoms. The van der Waals surface area contributed by atoms with Crippen LogP contribution in [-0.4, -0.2) is 27.5 Å². The lowest BCUT2D eigenvalue weighted by molar-refractivity contribution is -0.173. The molecule has 0 heterocycles. The Morgan fingerprint density at radius 3 is 2.54 bits per heavy atom. The fourth-order valence-electron chi connectivity index (χ4n) is 7.76. The Labute approximate surface area is 176 Å². The second-order valence-electron chi connectivity index (χ2n) is 10.2. The average molecular weight is 453 g/mol. The molecule has 8 atom stereocenters. The van der Waals surface area contributed by atoms with Crippen LogP contribution in [0.15, 0.2) is 11.6 Å². The highest BCUT2D eigenvalue weighted by atomic mass is 79.9. The first-order valence-electron chi connectivity index (χ1n) is 10.8. The zero-order valence-electron chi connectivity index (χ0n) is 17.5. The molecule has 0 spiro atoms. The van der Waals surface area contributed by atoms with E-state index in [1.807, 2.05) is 0 Å². The van der Waals surface area contributed by atoms with Gasteiger partial charge in [0.2, 0.25) is 0 Å². The van der Waals surface area contributed by atoms with Crippen LogP contribution in [-0.2, 0) is 14.3 Å². The molecule has 1 N–H and O–H groups in total. The van der Waals surface area contributed by atoms with E-state index in [0.29, 0.717) is 36.4 Å². The lowest BCUT2D eigenvalue weighted by atomic mass is 9.46. The van der Waals surface area contributed by atoms with Gasteiger partial charge in [-0.05, 0) is 84.5 Å². The summed E-state index contributed by atoms with van der Waals surface area (Å²) >= 11 is 3.82. The van der Waals surface area contributed by atoms with E-state index in [-0.39, 0.29) is 22.7 Å². The van der Waals surface area contributed by atoms with Gasteiger partial charge < -0.3 is 9.84 Å². The summed E-state index contributed by atoms with van der Waals surface area (Å²) in [4.78, 5) is 24.3. The molecule has 0 amide bonds. The normalized spacial score (nSPS) is 50.1. The number of alkyl halides is 1. The molecular formula is C23H33BrO4. The molecule has 0 aromatic heterocycles. The van der Waals surface area contributed by atoms with E-state index in [9.17, 15) is 14.7 Å². The Morgan fingerprint density at radius 1 is 1.18 bits per heavy atom. The first-order valence-corrected chi connectivity index (χ1v) is 11.6. The van der Waals surface area contributed by atoms with Gasteiger partial charge in [-0.3, -0.25) is 9.59 Å². The predicted octanol–water partition coefficient (Wildman–Crippen LogP) is 4.78. The number of esters is 1. The number of carbonyl (C=O) groups excluding carboxylic acids is 2. The van der Waals surface area contributed by atoms with Gasteiger partial charge in [0.25, 0.3) is 0 Å². The number of aliphatic hydroxyl groups is 1. The van der Waals surface area contributed by atoms with Gasteiger partial charge in [-0.1, -0.05) is 25.5 Å². The van der Waals surface area contributed by atoms with Gasteiger partial charge in [-0.15, -0.1) is 0 Å². The van der Waals surface area contributed by atoms with Crippen LogP contribution >= 0.6 is 15.9 Å². The van der Waals surface area contributed by atoms with Crippen LogP contribution in [0.2, 0.25) is 0 Å². The summed E-state index contributed by atoms with van der Waals surface area (Å²) in [6, 6.07) is 0. The largest absolute Gasteiger partial charge is 0.447 e. The quantitative estimate of drug-likeness (QED) is 0.371. The molecule has 3 fully saturated rings. The maximum atomic E-state index is 12.3.